The molecule has 0 atom stereocenters. The van der Waals surface area contributed by atoms with Crippen molar-refractivity contribution in [1.82, 2.24) is 8.65 Å². The third-order valence-corrected chi connectivity index (χ3v) is 4.43. The van der Waals surface area contributed by atoms with Gasteiger partial charge in [0.05, 0.1) is 5.69 Å². The first-order valence-electron chi connectivity index (χ1n) is 6.52. The molecule has 1 heterocycles. The Labute approximate surface area is 156 Å². The van der Waals surface area contributed by atoms with Crippen molar-refractivity contribution in [1.29, 1.82) is 5.26 Å². The van der Waals surface area contributed by atoms with Crippen LogP contribution in [0.1, 0.15) is 16.8 Å². The van der Waals surface area contributed by atoms with Gasteiger partial charge in [0.25, 0.3) is 8.68 Å². The maximum atomic E-state index is 12.6. The molecule has 0 aliphatic carbocycles. The van der Waals surface area contributed by atoms with Crippen LogP contribution in [0.3, 0.4) is 0 Å². The highest BCUT2D eigenvalue weighted by molar-refractivity contribution is 8.03. The minimum atomic E-state index is -1.91. The van der Waals surface area contributed by atoms with Crippen molar-refractivity contribution in [2.24, 2.45) is 0 Å². The second-order valence-electron chi connectivity index (χ2n) is 4.81. The van der Waals surface area contributed by atoms with Gasteiger partial charge in [-0.1, -0.05) is 53.0 Å². The molecule has 24 heavy (non-hydrogen) atoms. The standard InChI is InChI=1S/C14H11Cl3N4O2S/c1-8-4-3-5-9(2)12(8)19-20-10(7-18)6-11(22)21(13(20)23)24-14(15,16)17/h3-6,19H,1-2H3. The monoisotopic (exact) mass is 404 g/mol. The Hall–Kier alpha value is -1.59. The van der Waals surface area contributed by atoms with E-state index in [2.05, 4.69) is 5.43 Å². The Kier molecular flexibility index (Phi) is 5.56. The highest BCUT2D eigenvalue weighted by atomic mass is 35.6. The number of para-hydroxylation sites is 1. The first-order valence-corrected chi connectivity index (χ1v) is 8.43. The molecule has 0 aliphatic rings. The van der Waals surface area contributed by atoms with E-state index >= 15 is 0 Å². The van der Waals surface area contributed by atoms with E-state index in [1.165, 1.54) is 0 Å². The first kappa shape index (κ1) is 18.7. The van der Waals surface area contributed by atoms with E-state index in [1.54, 1.807) is 6.07 Å². The molecule has 0 amide bonds. The normalized spacial score (nSPS) is 11.2. The Morgan fingerprint density at radius 3 is 2.29 bits per heavy atom. The zero-order chi connectivity index (χ0) is 18.1. The molecule has 0 saturated carbocycles. The Balaban J connectivity index is 2.66. The smallest absolute Gasteiger partial charge is 0.289 e. The molecule has 0 radical (unpaired) electrons. The number of aryl methyl sites for hydroxylation is 2. The van der Waals surface area contributed by atoms with E-state index in [0.717, 1.165) is 21.9 Å². The number of hydrogen-bond acceptors (Lipinski definition) is 5. The van der Waals surface area contributed by atoms with Crippen molar-refractivity contribution in [3.05, 3.63) is 61.9 Å². The van der Waals surface area contributed by atoms with Crippen molar-refractivity contribution in [2.45, 2.75) is 17.0 Å². The lowest BCUT2D eigenvalue weighted by Crippen LogP contribution is -2.41. The average molecular weight is 406 g/mol. The molecule has 6 nitrogen and oxygen atoms in total. The summed E-state index contributed by atoms with van der Waals surface area (Å²) >= 11 is 17.4. The van der Waals surface area contributed by atoms with Crippen LogP contribution in [-0.2, 0) is 0 Å². The van der Waals surface area contributed by atoms with Gasteiger partial charge in [-0.05, 0) is 25.0 Å². The van der Waals surface area contributed by atoms with Crippen LogP contribution in [-0.4, -0.2) is 11.8 Å². The molecule has 2 aromatic rings. The van der Waals surface area contributed by atoms with E-state index in [0.29, 0.717) is 21.6 Å². The molecule has 2 rings (SSSR count). The fraction of sp³-hybridized carbons (Fsp3) is 0.214. The summed E-state index contributed by atoms with van der Waals surface area (Å²) in [5, 5.41) is 9.22. The molecule has 10 heteroatoms. The summed E-state index contributed by atoms with van der Waals surface area (Å²) in [7, 11) is 0. The van der Waals surface area contributed by atoms with Crippen LogP contribution in [0.5, 0.6) is 0 Å². The number of anilines is 1. The predicted octanol–water partition coefficient (Wildman–Crippen LogP) is 3.20. The lowest BCUT2D eigenvalue weighted by Gasteiger charge is -2.17. The number of aromatic nitrogens is 2. The number of halogens is 3. The number of alkyl halides is 3. The summed E-state index contributed by atoms with van der Waals surface area (Å²) in [6.45, 7) is 3.69. The molecule has 1 aromatic carbocycles. The molecule has 0 unspecified atom stereocenters. The van der Waals surface area contributed by atoms with Gasteiger partial charge in [0, 0.05) is 18.0 Å². The van der Waals surface area contributed by atoms with Crippen molar-refractivity contribution in [3.8, 4) is 6.07 Å². The number of benzene rings is 1. The number of nitriles is 1. The number of nitrogens with one attached hydrogen (secondary N) is 1. The van der Waals surface area contributed by atoms with Crippen molar-refractivity contribution < 1.29 is 0 Å². The Morgan fingerprint density at radius 2 is 1.79 bits per heavy atom. The maximum absolute atomic E-state index is 12.6. The van der Waals surface area contributed by atoms with Gasteiger partial charge in [0.1, 0.15) is 6.07 Å². The maximum Gasteiger partial charge on any atom is 0.361 e. The van der Waals surface area contributed by atoms with Gasteiger partial charge < -0.3 is 0 Å². The van der Waals surface area contributed by atoms with E-state index in [4.69, 9.17) is 34.8 Å². The second kappa shape index (κ2) is 7.11. The van der Waals surface area contributed by atoms with Gasteiger partial charge in [-0.25, -0.2) is 4.79 Å². The third kappa shape index (κ3) is 4.08. The van der Waals surface area contributed by atoms with E-state index in [-0.39, 0.29) is 5.69 Å². The van der Waals surface area contributed by atoms with Crippen molar-refractivity contribution in [2.75, 3.05) is 5.43 Å². The minimum Gasteiger partial charge on any atom is -0.289 e. The summed E-state index contributed by atoms with van der Waals surface area (Å²) in [6.07, 6.45) is 0. The molecule has 0 fully saturated rings. The molecule has 1 N–H and O–H groups in total. The molecule has 0 aliphatic heterocycles. The molecule has 0 bridgehead atoms. The van der Waals surface area contributed by atoms with Gasteiger partial charge in [0.2, 0.25) is 0 Å². The fourth-order valence-electron chi connectivity index (χ4n) is 2.01. The molecular formula is C14H11Cl3N4O2S. The highest BCUT2D eigenvalue weighted by Gasteiger charge is 2.25. The average Bonchev–Trinajstić information content (AvgIpc) is 2.48. The summed E-state index contributed by atoms with van der Waals surface area (Å²) in [5.41, 5.74) is 3.47. The Bertz CT molecular complexity index is 921. The van der Waals surface area contributed by atoms with Crippen LogP contribution < -0.4 is 16.7 Å². The number of nitrogens with zero attached hydrogens (tertiary/aromatic N) is 3. The second-order valence-corrected chi connectivity index (χ2v) is 8.92. The third-order valence-electron chi connectivity index (χ3n) is 3.08. The van der Waals surface area contributed by atoms with E-state index < -0.39 is 14.4 Å². The summed E-state index contributed by atoms with van der Waals surface area (Å²) in [4.78, 5) is 24.6. The first-order chi connectivity index (χ1) is 11.1. The summed E-state index contributed by atoms with van der Waals surface area (Å²) in [6, 6.07) is 8.35. The Morgan fingerprint density at radius 1 is 1.21 bits per heavy atom. The largest absolute Gasteiger partial charge is 0.361 e. The van der Waals surface area contributed by atoms with E-state index in [9.17, 15) is 14.9 Å². The van der Waals surface area contributed by atoms with Crippen LogP contribution in [0.4, 0.5) is 5.69 Å². The highest BCUT2D eigenvalue weighted by Crippen LogP contribution is 2.38. The zero-order valence-corrected chi connectivity index (χ0v) is 15.6. The summed E-state index contributed by atoms with van der Waals surface area (Å²) < 4.78 is -0.290. The summed E-state index contributed by atoms with van der Waals surface area (Å²) in [5.74, 6) is 0. The molecule has 126 valence electrons. The number of hydrogen-bond donors (Lipinski definition) is 1. The van der Waals surface area contributed by atoms with E-state index in [1.807, 2.05) is 32.0 Å². The van der Waals surface area contributed by atoms with Crippen LogP contribution in [0.25, 0.3) is 0 Å². The van der Waals surface area contributed by atoms with Gasteiger partial charge in [-0.15, -0.1) is 0 Å². The van der Waals surface area contributed by atoms with Gasteiger partial charge in [0.15, 0.2) is 5.69 Å². The molecule has 0 spiro atoms. The van der Waals surface area contributed by atoms with Crippen LogP contribution in [0.2, 0.25) is 0 Å². The number of rotatable bonds is 3. The lowest BCUT2D eigenvalue weighted by atomic mass is 10.1. The quantitative estimate of drug-likeness (QED) is 0.793. The van der Waals surface area contributed by atoms with Crippen molar-refractivity contribution >= 4 is 52.4 Å². The molecule has 1 aromatic heterocycles. The SMILES string of the molecule is Cc1cccc(C)c1Nn1c(C#N)cc(=O)n(SC(Cl)(Cl)Cl)c1=O. The zero-order valence-electron chi connectivity index (χ0n) is 12.5. The fourth-order valence-corrected chi connectivity index (χ4v) is 3.14. The topological polar surface area (TPSA) is 79.8 Å². The predicted molar refractivity (Wildman–Crippen MR) is 97.9 cm³/mol. The van der Waals surface area contributed by atoms with Gasteiger partial charge in [-0.3, -0.25) is 10.2 Å². The van der Waals surface area contributed by atoms with Gasteiger partial charge in [-0.2, -0.15) is 13.9 Å². The van der Waals surface area contributed by atoms with Crippen LogP contribution in [0, 0.1) is 25.2 Å². The van der Waals surface area contributed by atoms with Gasteiger partial charge >= 0.3 is 5.69 Å². The van der Waals surface area contributed by atoms with Crippen LogP contribution in [0.15, 0.2) is 33.9 Å². The molecular weight excluding hydrogens is 395 g/mol. The van der Waals surface area contributed by atoms with Crippen LogP contribution >= 0.6 is 46.8 Å². The minimum absolute atomic E-state index is 0.158. The molecule has 0 saturated heterocycles. The van der Waals surface area contributed by atoms with Crippen molar-refractivity contribution in [3.63, 3.8) is 0 Å². The lowest BCUT2D eigenvalue weighted by molar-refractivity contribution is 0.791.